The van der Waals surface area contributed by atoms with Crippen LogP contribution in [0.4, 0.5) is 0 Å². The molecule has 16 heavy (non-hydrogen) atoms. The third kappa shape index (κ3) is 4.16. The number of aliphatic carboxylic acids is 1. The highest BCUT2D eigenvalue weighted by Crippen LogP contribution is 2.16. The first-order valence-corrected chi connectivity index (χ1v) is 5.52. The van der Waals surface area contributed by atoms with E-state index in [0.717, 1.165) is 25.7 Å². The van der Waals surface area contributed by atoms with Gasteiger partial charge in [0.2, 0.25) is 5.91 Å². The van der Waals surface area contributed by atoms with Crippen molar-refractivity contribution in [3.05, 3.63) is 0 Å². The molecule has 1 fully saturated rings. The molecule has 6 N–H and O–H groups in total. The van der Waals surface area contributed by atoms with Crippen molar-refractivity contribution in [2.45, 2.75) is 50.2 Å². The number of nitrogens with two attached hydrogens (primary N) is 2. The van der Waals surface area contributed by atoms with Crippen molar-refractivity contribution in [1.29, 1.82) is 0 Å². The number of carbonyl (C=O) groups excluding carboxylic acids is 1. The van der Waals surface area contributed by atoms with Gasteiger partial charge in [-0.05, 0) is 25.7 Å². The molecule has 1 rings (SSSR count). The molecule has 1 unspecified atom stereocenters. The van der Waals surface area contributed by atoms with Gasteiger partial charge in [-0.2, -0.15) is 0 Å². The molecule has 0 radical (unpaired) electrons. The number of rotatable bonds is 4. The maximum Gasteiger partial charge on any atom is 0.305 e. The van der Waals surface area contributed by atoms with Crippen LogP contribution in [0.15, 0.2) is 0 Å². The lowest BCUT2D eigenvalue weighted by Gasteiger charge is -2.27. The van der Waals surface area contributed by atoms with E-state index in [4.69, 9.17) is 16.6 Å². The summed E-state index contributed by atoms with van der Waals surface area (Å²) in [5.74, 6) is -1.45. The van der Waals surface area contributed by atoms with E-state index in [0.29, 0.717) is 0 Å². The normalized spacial score (nSPS) is 27.1. The van der Waals surface area contributed by atoms with Crippen molar-refractivity contribution < 1.29 is 14.7 Å². The molecule has 6 heteroatoms. The van der Waals surface area contributed by atoms with Gasteiger partial charge in [-0.1, -0.05) is 0 Å². The second-order valence-electron chi connectivity index (χ2n) is 4.32. The number of carbonyl (C=O) groups is 2. The number of hydrogen-bond donors (Lipinski definition) is 4. The fourth-order valence-corrected chi connectivity index (χ4v) is 1.85. The summed E-state index contributed by atoms with van der Waals surface area (Å²) in [5, 5.41) is 11.3. The fourth-order valence-electron chi connectivity index (χ4n) is 1.85. The first kappa shape index (κ1) is 12.9. The smallest absolute Gasteiger partial charge is 0.305 e. The van der Waals surface area contributed by atoms with Gasteiger partial charge < -0.3 is 21.9 Å². The minimum atomic E-state index is -1.06. The van der Waals surface area contributed by atoms with Crippen LogP contribution in [0, 0.1) is 0 Å². The van der Waals surface area contributed by atoms with E-state index < -0.39 is 12.0 Å². The summed E-state index contributed by atoms with van der Waals surface area (Å²) >= 11 is 0. The number of nitrogens with one attached hydrogen (secondary N) is 1. The van der Waals surface area contributed by atoms with Crippen molar-refractivity contribution in [1.82, 2.24) is 5.32 Å². The maximum absolute atomic E-state index is 11.5. The zero-order chi connectivity index (χ0) is 12.1. The Morgan fingerprint density at radius 3 is 2.38 bits per heavy atom. The second kappa shape index (κ2) is 5.81. The fraction of sp³-hybridized carbons (Fsp3) is 0.800. The van der Waals surface area contributed by atoms with Crippen LogP contribution in [0.3, 0.4) is 0 Å². The summed E-state index contributed by atoms with van der Waals surface area (Å²) in [6, 6.07) is -0.652. The topological polar surface area (TPSA) is 118 Å². The van der Waals surface area contributed by atoms with Gasteiger partial charge in [0, 0.05) is 12.1 Å². The molecule has 0 aliphatic heterocycles. The highest BCUT2D eigenvalue weighted by molar-refractivity contribution is 5.86. The maximum atomic E-state index is 11.5. The Hall–Kier alpha value is -1.14. The van der Waals surface area contributed by atoms with Crippen molar-refractivity contribution in [3.63, 3.8) is 0 Å². The second-order valence-corrected chi connectivity index (χ2v) is 4.32. The molecular weight excluding hydrogens is 210 g/mol. The minimum Gasteiger partial charge on any atom is -0.481 e. The largest absolute Gasteiger partial charge is 0.481 e. The predicted octanol–water partition coefficient (Wildman–Crippen LogP) is -0.825. The molecule has 0 bridgehead atoms. The highest BCUT2D eigenvalue weighted by atomic mass is 16.4. The molecule has 0 spiro atoms. The summed E-state index contributed by atoms with van der Waals surface area (Å²) in [6.45, 7) is 0. The van der Waals surface area contributed by atoms with Crippen LogP contribution in [-0.2, 0) is 9.59 Å². The Balaban J connectivity index is 2.31. The zero-order valence-electron chi connectivity index (χ0n) is 9.19. The molecule has 92 valence electrons. The quantitative estimate of drug-likeness (QED) is 0.502. The van der Waals surface area contributed by atoms with E-state index in [-0.39, 0.29) is 24.4 Å². The molecule has 0 aromatic carbocycles. The van der Waals surface area contributed by atoms with E-state index in [1.54, 1.807) is 0 Å². The van der Waals surface area contributed by atoms with E-state index in [1.807, 2.05) is 0 Å². The number of carboxylic acids is 1. The Morgan fingerprint density at radius 2 is 1.88 bits per heavy atom. The lowest BCUT2D eigenvalue weighted by Crippen LogP contribution is -2.48. The SMILES string of the molecule is NC1CCC(NC(=O)C(N)CC(=O)O)CC1. The van der Waals surface area contributed by atoms with Gasteiger partial charge in [0.15, 0.2) is 0 Å². The van der Waals surface area contributed by atoms with Gasteiger partial charge in [-0.25, -0.2) is 0 Å². The van der Waals surface area contributed by atoms with Crippen LogP contribution < -0.4 is 16.8 Å². The van der Waals surface area contributed by atoms with Crippen molar-refractivity contribution >= 4 is 11.9 Å². The van der Waals surface area contributed by atoms with Crippen molar-refractivity contribution in [2.75, 3.05) is 0 Å². The lowest BCUT2D eigenvalue weighted by molar-refractivity contribution is -0.139. The lowest BCUT2D eigenvalue weighted by atomic mass is 9.91. The first-order chi connectivity index (χ1) is 7.49. The molecular formula is C10H19N3O3. The standard InChI is InChI=1S/C10H19N3O3/c11-6-1-3-7(4-2-6)13-10(16)8(12)5-9(14)15/h6-8H,1-5,11-12H2,(H,13,16)(H,14,15). The third-order valence-corrected chi connectivity index (χ3v) is 2.85. The van der Waals surface area contributed by atoms with Gasteiger partial charge in [-0.3, -0.25) is 9.59 Å². The Kier molecular flexibility index (Phi) is 4.70. The van der Waals surface area contributed by atoms with Crippen LogP contribution in [0.2, 0.25) is 0 Å². The summed E-state index contributed by atoms with van der Waals surface area (Å²) in [5.41, 5.74) is 11.2. The molecule has 1 amide bonds. The Labute approximate surface area is 94.4 Å². The highest BCUT2D eigenvalue weighted by Gasteiger charge is 2.23. The average molecular weight is 229 g/mol. The molecule has 0 aromatic rings. The number of hydrogen-bond acceptors (Lipinski definition) is 4. The number of carboxylic acid groups (broad SMARTS) is 1. The minimum absolute atomic E-state index is 0.0899. The number of amides is 1. The van der Waals surface area contributed by atoms with Gasteiger partial charge in [0.05, 0.1) is 12.5 Å². The molecule has 6 nitrogen and oxygen atoms in total. The van der Waals surface area contributed by atoms with Crippen LogP contribution in [-0.4, -0.2) is 35.1 Å². The van der Waals surface area contributed by atoms with Crippen LogP contribution >= 0.6 is 0 Å². The average Bonchev–Trinajstić information content (AvgIpc) is 2.20. The van der Waals surface area contributed by atoms with E-state index >= 15 is 0 Å². The monoisotopic (exact) mass is 229 g/mol. The third-order valence-electron chi connectivity index (χ3n) is 2.85. The Bertz CT molecular complexity index is 262. The molecule has 0 heterocycles. The van der Waals surface area contributed by atoms with Crippen LogP contribution in [0.25, 0.3) is 0 Å². The Morgan fingerprint density at radius 1 is 1.31 bits per heavy atom. The summed E-state index contributed by atoms with van der Waals surface area (Å²) in [7, 11) is 0. The molecule has 1 atom stereocenters. The predicted molar refractivity (Wildman–Crippen MR) is 58.6 cm³/mol. The van der Waals surface area contributed by atoms with Crippen LogP contribution in [0.5, 0.6) is 0 Å². The van der Waals surface area contributed by atoms with Crippen molar-refractivity contribution in [2.24, 2.45) is 11.5 Å². The summed E-state index contributed by atoms with van der Waals surface area (Å²) in [6.07, 6.45) is 3.12. The van der Waals surface area contributed by atoms with Crippen molar-refractivity contribution in [3.8, 4) is 0 Å². The van der Waals surface area contributed by atoms with Gasteiger partial charge in [0.25, 0.3) is 0 Å². The molecule has 1 saturated carbocycles. The van der Waals surface area contributed by atoms with Gasteiger partial charge >= 0.3 is 5.97 Å². The molecule has 1 aliphatic carbocycles. The molecule has 0 aromatic heterocycles. The van der Waals surface area contributed by atoms with E-state index in [1.165, 1.54) is 0 Å². The zero-order valence-corrected chi connectivity index (χ0v) is 9.19. The van der Waals surface area contributed by atoms with Crippen LogP contribution in [0.1, 0.15) is 32.1 Å². The molecule has 0 saturated heterocycles. The summed E-state index contributed by atoms with van der Waals surface area (Å²) in [4.78, 5) is 21.9. The van der Waals surface area contributed by atoms with Gasteiger partial charge in [0.1, 0.15) is 0 Å². The molecule has 1 aliphatic rings. The van der Waals surface area contributed by atoms with E-state index in [9.17, 15) is 9.59 Å². The first-order valence-electron chi connectivity index (χ1n) is 5.52. The van der Waals surface area contributed by atoms with E-state index in [2.05, 4.69) is 5.32 Å². The van der Waals surface area contributed by atoms with Gasteiger partial charge in [-0.15, -0.1) is 0 Å². The summed E-state index contributed by atoms with van der Waals surface area (Å²) < 4.78 is 0.